The number of pyridine rings is 2. The van der Waals surface area contributed by atoms with E-state index in [1.54, 1.807) is 12.3 Å². The molecule has 0 radical (unpaired) electrons. The van der Waals surface area contributed by atoms with Gasteiger partial charge in [-0.3, -0.25) is 4.98 Å². The van der Waals surface area contributed by atoms with Gasteiger partial charge in [-0.1, -0.05) is 12.1 Å². The van der Waals surface area contributed by atoms with Crippen LogP contribution in [0.4, 0.5) is 19.0 Å². The first kappa shape index (κ1) is 29.4. The highest BCUT2D eigenvalue weighted by Crippen LogP contribution is 2.42. The van der Waals surface area contributed by atoms with Crippen LogP contribution < -0.4 is 5.73 Å². The number of hydrogen-bond donors (Lipinski definition) is 2. The van der Waals surface area contributed by atoms with Gasteiger partial charge in [-0.25, -0.2) is 9.88 Å². The molecule has 2 fully saturated rings. The van der Waals surface area contributed by atoms with E-state index in [1.165, 1.54) is 11.6 Å². The van der Waals surface area contributed by atoms with Crippen molar-refractivity contribution in [2.24, 2.45) is 0 Å². The second-order valence-corrected chi connectivity index (χ2v) is 11.8. The molecule has 1 aromatic carbocycles. The Kier molecular flexibility index (Phi) is 8.39. The molecule has 0 aliphatic carbocycles. The van der Waals surface area contributed by atoms with E-state index < -0.39 is 23.9 Å². The van der Waals surface area contributed by atoms with Crippen molar-refractivity contribution in [3.05, 3.63) is 65.6 Å². The number of nitrogens with zero attached hydrogens (tertiary/aromatic N) is 3. The average Bonchev–Trinajstić information content (AvgIpc) is 3.43. The Morgan fingerprint density at radius 2 is 1.73 bits per heavy atom. The summed E-state index contributed by atoms with van der Waals surface area (Å²) in [5.41, 5.74) is 9.28. The summed E-state index contributed by atoms with van der Waals surface area (Å²) in [5.74, 6) is 0.463. The number of likely N-dealkylation sites (tertiary alicyclic amines) is 1. The molecule has 3 N–H and O–H groups in total. The van der Waals surface area contributed by atoms with Crippen LogP contribution >= 0.6 is 0 Å². The van der Waals surface area contributed by atoms with E-state index in [4.69, 9.17) is 15.2 Å². The molecule has 2 aromatic heterocycles. The van der Waals surface area contributed by atoms with Crippen molar-refractivity contribution in [3.8, 4) is 22.3 Å². The molecule has 0 bridgehead atoms. The highest BCUT2D eigenvalue weighted by molar-refractivity contribution is 5.79. The number of aliphatic hydroxyl groups excluding tert-OH is 1. The van der Waals surface area contributed by atoms with Gasteiger partial charge in [0.2, 0.25) is 6.41 Å². The predicted octanol–water partition coefficient (Wildman–Crippen LogP) is 6.53. The van der Waals surface area contributed by atoms with Gasteiger partial charge in [-0.15, -0.1) is 0 Å². The first-order valence-electron chi connectivity index (χ1n) is 14.0. The zero-order valence-electron chi connectivity index (χ0n) is 23.6. The number of hydrogen-bond acceptors (Lipinski definition) is 7. The third-order valence-electron chi connectivity index (χ3n) is 7.76. The number of benzene rings is 1. The van der Waals surface area contributed by atoms with Crippen molar-refractivity contribution in [2.45, 2.75) is 76.6 Å². The maximum atomic E-state index is 13.3. The molecule has 2 saturated heterocycles. The maximum Gasteiger partial charge on any atom is 0.433 e. The smallest absolute Gasteiger partial charge is 0.383 e. The Morgan fingerprint density at radius 3 is 2.44 bits per heavy atom. The lowest BCUT2D eigenvalue weighted by molar-refractivity contribution is -0.243. The van der Waals surface area contributed by atoms with Crippen LogP contribution in [0.5, 0.6) is 0 Å². The van der Waals surface area contributed by atoms with Crippen LogP contribution in [0.25, 0.3) is 22.3 Å². The molecule has 3 aromatic rings. The Hall–Kier alpha value is -3.05. The molecule has 0 saturated carbocycles. The lowest BCUT2D eigenvalue weighted by Gasteiger charge is -2.35. The number of aromatic nitrogens is 2. The monoisotopic (exact) mass is 570 g/mol. The average molecular weight is 571 g/mol. The van der Waals surface area contributed by atoms with Gasteiger partial charge in [0.25, 0.3) is 0 Å². The molecule has 5 rings (SSSR count). The first-order valence-corrected chi connectivity index (χ1v) is 14.0. The normalized spacial score (nSPS) is 19.9. The van der Waals surface area contributed by atoms with E-state index in [0.29, 0.717) is 36.8 Å². The van der Waals surface area contributed by atoms with Gasteiger partial charge in [-0.05, 0) is 98.9 Å². The molecule has 2 aliphatic rings. The number of nitrogens with two attached hydrogens (primary N) is 1. The molecule has 41 heavy (non-hydrogen) atoms. The second-order valence-electron chi connectivity index (χ2n) is 11.8. The Bertz CT molecular complexity index is 1370. The number of rotatable bonds is 6. The topological polar surface area (TPSA) is 93.7 Å². The zero-order valence-corrected chi connectivity index (χ0v) is 23.6. The summed E-state index contributed by atoms with van der Waals surface area (Å²) in [4.78, 5) is 9.81. The minimum Gasteiger partial charge on any atom is -0.383 e. The van der Waals surface area contributed by atoms with Crippen LogP contribution in [0.15, 0.2) is 48.8 Å². The van der Waals surface area contributed by atoms with E-state index in [2.05, 4.69) is 22.1 Å². The second kappa shape index (κ2) is 11.7. The summed E-state index contributed by atoms with van der Waals surface area (Å²) in [5, 5.41) is 11.1. The zero-order chi connectivity index (χ0) is 29.4. The summed E-state index contributed by atoms with van der Waals surface area (Å²) < 4.78 is 51.6. The molecule has 2 aliphatic heterocycles. The fourth-order valence-corrected chi connectivity index (χ4v) is 5.81. The summed E-state index contributed by atoms with van der Waals surface area (Å²) in [6.07, 6.45) is 0.768. The Labute approximate surface area is 238 Å². The highest BCUT2D eigenvalue weighted by Gasteiger charge is 2.36. The molecule has 4 heterocycles. The van der Waals surface area contributed by atoms with Crippen molar-refractivity contribution in [2.75, 3.05) is 25.5 Å². The maximum absolute atomic E-state index is 13.3. The SMILES string of the molecule is CC(C)(C)OC(O)N1CCC[C@H]1c1cc(-c2cnc(N)c(-c3ccnc(C(F)(F)F)c3)c2)ccc1C1CCOCC1. The number of alkyl halides is 3. The first-order chi connectivity index (χ1) is 19.4. The number of nitrogen functional groups attached to an aromatic ring is 1. The predicted molar refractivity (Wildman–Crippen MR) is 151 cm³/mol. The minimum absolute atomic E-state index is 0.0547. The fraction of sp³-hybridized carbons (Fsp3) is 0.484. The third kappa shape index (κ3) is 6.72. The Morgan fingerprint density at radius 1 is 0.976 bits per heavy atom. The van der Waals surface area contributed by atoms with Gasteiger partial charge < -0.3 is 20.3 Å². The molecular formula is C31H37F3N4O3. The van der Waals surface area contributed by atoms with Crippen LogP contribution in [0, 0.1) is 0 Å². The summed E-state index contributed by atoms with van der Waals surface area (Å²) >= 11 is 0. The molecule has 220 valence electrons. The van der Waals surface area contributed by atoms with Gasteiger partial charge in [0, 0.05) is 49.3 Å². The van der Waals surface area contributed by atoms with Gasteiger partial charge in [-0.2, -0.15) is 13.2 Å². The lowest BCUT2D eigenvalue weighted by atomic mass is 9.83. The van der Waals surface area contributed by atoms with Crippen molar-refractivity contribution in [3.63, 3.8) is 0 Å². The molecule has 1 unspecified atom stereocenters. The van der Waals surface area contributed by atoms with Crippen LogP contribution in [0.3, 0.4) is 0 Å². The number of halogens is 3. The lowest BCUT2D eigenvalue weighted by Crippen LogP contribution is -2.41. The Balaban J connectivity index is 1.56. The van der Waals surface area contributed by atoms with Crippen molar-refractivity contribution < 1.29 is 27.8 Å². The van der Waals surface area contributed by atoms with Gasteiger partial charge in [0.15, 0.2) is 0 Å². The standard InChI is InChI=1S/C31H37F3N4O3/c1-30(2,3)41-29(39)38-12-4-5-26(38)25-15-20(6-7-23(25)19-9-13-40-14-10-19)22-16-24(28(35)37-18-22)21-8-11-36-27(17-21)31(32,33)34/h6-8,11,15-19,26,29,39H,4-5,9-10,12-14H2,1-3H3,(H2,35,37)/t26-,29?/m0/s1. The van der Waals surface area contributed by atoms with E-state index >= 15 is 0 Å². The van der Waals surface area contributed by atoms with E-state index in [-0.39, 0.29) is 11.9 Å². The van der Waals surface area contributed by atoms with E-state index in [9.17, 15) is 18.3 Å². The third-order valence-corrected chi connectivity index (χ3v) is 7.76. The van der Waals surface area contributed by atoms with Crippen LogP contribution in [-0.2, 0) is 15.7 Å². The van der Waals surface area contributed by atoms with Gasteiger partial charge in [0.1, 0.15) is 11.5 Å². The van der Waals surface area contributed by atoms with Gasteiger partial charge in [0.05, 0.1) is 5.60 Å². The van der Waals surface area contributed by atoms with Crippen molar-refractivity contribution >= 4 is 5.82 Å². The van der Waals surface area contributed by atoms with Crippen LogP contribution in [-0.4, -0.2) is 51.7 Å². The van der Waals surface area contributed by atoms with E-state index in [0.717, 1.165) is 54.6 Å². The van der Waals surface area contributed by atoms with Crippen molar-refractivity contribution in [1.29, 1.82) is 0 Å². The van der Waals surface area contributed by atoms with Crippen LogP contribution in [0.2, 0.25) is 0 Å². The number of aliphatic hydroxyl groups is 1. The largest absolute Gasteiger partial charge is 0.433 e. The molecule has 2 atom stereocenters. The highest BCUT2D eigenvalue weighted by atomic mass is 19.4. The molecule has 10 heteroatoms. The summed E-state index contributed by atoms with van der Waals surface area (Å²) in [6, 6.07) is 10.5. The number of anilines is 1. The van der Waals surface area contributed by atoms with Crippen molar-refractivity contribution in [1.82, 2.24) is 14.9 Å². The molecule has 0 spiro atoms. The fourth-order valence-electron chi connectivity index (χ4n) is 5.81. The molecule has 0 amide bonds. The molecule has 7 nitrogen and oxygen atoms in total. The van der Waals surface area contributed by atoms with E-state index in [1.807, 2.05) is 31.7 Å². The molecular weight excluding hydrogens is 533 g/mol. The number of ether oxygens (including phenoxy) is 2. The van der Waals surface area contributed by atoms with Crippen LogP contribution in [0.1, 0.15) is 75.2 Å². The quantitative estimate of drug-likeness (QED) is 0.325. The minimum atomic E-state index is -4.57. The van der Waals surface area contributed by atoms with Gasteiger partial charge >= 0.3 is 6.18 Å². The summed E-state index contributed by atoms with van der Waals surface area (Å²) in [6.45, 7) is 7.86. The summed E-state index contributed by atoms with van der Waals surface area (Å²) in [7, 11) is 0.